The van der Waals surface area contributed by atoms with Crippen LogP contribution in [0.15, 0.2) is 47.6 Å². The second-order valence-electron chi connectivity index (χ2n) is 8.97. The number of carbonyl (C=O) groups excluding carboxylic acids is 1. The van der Waals surface area contributed by atoms with Gasteiger partial charge in [-0.15, -0.1) is 24.0 Å². The van der Waals surface area contributed by atoms with Crippen LogP contribution in [0.1, 0.15) is 37.3 Å². The maximum absolute atomic E-state index is 13.3. The van der Waals surface area contributed by atoms with Crippen molar-refractivity contribution in [2.45, 2.75) is 37.9 Å². The molecule has 1 N–H and O–H groups in total. The Hall–Kier alpha value is -1.06. The molecule has 0 aromatic heterocycles. The molecule has 1 aliphatic carbocycles. The molecule has 2 aromatic carbocycles. The smallest absolute Gasteiger partial charge is 0.268 e. The molecule has 176 valence electrons. The van der Waals surface area contributed by atoms with Crippen molar-refractivity contribution in [1.82, 2.24) is 10.2 Å². The third-order valence-electron chi connectivity index (χ3n) is 6.98. The molecule has 5 rings (SSSR count). The van der Waals surface area contributed by atoms with E-state index in [1.807, 2.05) is 35.3 Å². The van der Waals surface area contributed by atoms with Crippen LogP contribution in [0, 0.1) is 11.8 Å². The number of anilines is 1. The van der Waals surface area contributed by atoms with E-state index in [1.165, 1.54) is 19.3 Å². The molecule has 2 aromatic rings. The van der Waals surface area contributed by atoms with Gasteiger partial charge in [-0.05, 0) is 67.6 Å². The lowest BCUT2D eigenvalue weighted by atomic mass is 9.97. The van der Waals surface area contributed by atoms with Crippen molar-refractivity contribution >= 4 is 76.1 Å². The van der Waals surface area contributed by atoms with Crippen molar-refractivity contribution in [3.05, 3.63) is 63.1 Å². The minimum atomic E-state index is -0.160. The third kappa shape index (κ3) is 5.01. The monoisotopic (exact) mass is 618 g/mol. The van der Waals surface area contributed by atoms with Gasteiger partial charge in [0.1, 0.15) is 5.71 Å². The lowest BCUT2D eigenvalue weighted by Gasteiger charge is -2.25. The number of halogens is 4. The summed E-state index contributed by atoms with van der Waals surface area (Å²) in [6.07, 6.45) is 4.23. The first-order valence-corrected chi connectivity index (χ1v) is 12.1. The fourth-order valence-corrected chi connectivity index (χ4v) is 6.06. The second kappa shape index (κ2) is 10.3. The predicted octanol–water partition coefficient (Wildman–Crippen LogP) is 6.38. The topological polar surface area (TPSA) is 47.9 Å². The van der Waals surface area contributed by atoms with Crippen molar-refractivity contribution in [1.29, 1.82) is 0 Å². The van der Waals surface area contributed by atoms with Crippen LogP contribution in [-0.4, -0.2) is 36.3 Å². The zero-order chi connectivity index (χ0) is 22.4. The van der Waals surface area contributed by atoms with Crippen LogP contribution < -0.4 is 10.3 Å². The summed E-state index contributed by atoms with van der Waals surface area (Å²) in [6, 6.07) is 12.8. The second-order valence-corrected chi connectivity index (χ2v) is 10.3. The molecule has 4 atom stereocenters. The van der Waals surface area contributed by atoms with Crippen molar-refractivity contribution in [3.63, 3.8) is 0 Å². The van der Waals surface area contributed by atoms with Gasteiger partial charge in [0.15, 0.2) is 0 Å². The summed E-state index contributed by atoms with van der Waals surface area (Å²) < 4.78 is 0. The molecular formula is C24H26Cl3IN4O. The molecule has 1 amide bonds. The van der Waals surface area contributed by atoms with Gasteiger partial charge in [0.2, 0.25) is 0 Å². The SMILES string of the molecule is CN1CC2CCCC2C1NC(=O)C1=NN(c2ccc(Cl)cc2Cl)C(c2ccc(Cl)cc2)C1.I. The average Bonchev–Trinajstić information content (AvgIpc) is 3.45. The lowest BCUT2D eigenvalue weighted by Crippen LogP contribution is -2.48. The number of hydrazone groups is 1. The minimum absolute atomic E-state index is 0. The lowest BCUT2D eigenvalue weighted by molar-refractivity contribution is -0.116. The Morgan fingerprint density at radius 2 is 1.79 bits per heavy atom. The van der Waals surface area contributed by atoms with Crippen molar-refractivity contribution in [2.24, 2.45) is 16.9 Å². The zero-order valence-corrected chi connectivity index (χ0v) is 22.8. The molecule has 1 saturated carbocycles. The Kier molecular flexibility index (Phi) is 7.80. The quantitative estimate of drug-likeness (QED) is 0.405. The number of rotatable bonds is 4. The van der Waals surface area contributed by atoms with Crippen molar-refractivity contribution in [3.8, 4) is 0 Å². The molecule has 2 fully saturated rings. The summed E-state index contributed by atoms with van der Waals surface area (Å²) in [5.41, 5.74) is 2.24. The molecule has 1 saturated heterocycles. The maximum Gasteiger partial charge on any atom is 0.268 e. The van der Waals surface area contributed by atoms with Crippen LogP contribution in [-0.2, 0) is 4.79 Å². The van der Waals surface area contributed by atoms with Crippen molar-refractivity contribution in [2.75, 3.05) is 18.6 Å². The molecule has 0 spiro atoms. The molecule has 0 radical (unpaired) electrons. The number of likely N-dealkylation sites (tertiary alicyclic amines) is 1. The fourth-order valence-electron chi connectivity index (χ4n) is 5.43. The number of hydrogen-bond acceptors (Lipinski definition) is 4. The van der Waals surface area contributed by atoms with Crippen LogP contribution in [0.2, 0.25) is 15.1 Å². The first-order chi connectivity index (χ1) is 15.4. The van der Waals surface area contributed by atoms with Gasteiger partial charge in [-0.25, -0.2) is 0 Å². The van der Waals surface area contributed by atoms with E-state index >= 15 is 0 Å². The number of nitrogens with one attached hydrogen (secondary N) is 1. The summed E-state index contributed by atoms with van der Waals surface area (Å²) in [5.74, 6) is 1.10. The fraction of sp³-hybridized carbons (Fsp3) is 0.417. The first kappa shape index (κ1) is 25.0. The molecule has 33 heavy (non-hydrogen) atoms. The van der Waals surface area contributed by atoms with E-state index in [9.17, 15) is 4.79 Å². The van der Waals surface area contributed by atoms with Gasteiger partial charge in [-0.2, -0.15) is 5.10 Å². The molecule has 0 bridgehead atoms. The normalized spacial score (nSPS) is 26.7. The highest BCUT2D eigenvalue weighted by Gasteiger charge is 2.44. The van der Waals surface area contributed by atoms with Crippen LogP contribution >= 0.6 is 58.8 Å². The predicted molar refractivity (Wildman–Crippen MR) is 146 cm³/mol. The van der Waals surface area contributed by atoms with E-state index in [2.05, 4.69) is 17.3 Å². The third-order valence-corrected chi connectivity index (χ3v) is 7.77. The van der Waals surface area contributed by atoms with Gasteiger partial charge in [-0.1, -0.05) is 53.4 Å². The molecule has 2 heterocycles. The molecule has 9 heteroatoms. The standard InChI is InChI=1S/C24H25Cl3N4O.HI/c1-30-13-15-3-2-4-18(15)23(30)28-24(32)20-12-22(14-5-7-16(25)8-6-14)31(29-20)21-10-9-17(26)11-19(21)27;/h5-11,15,18,22-23H,2-4,12-13H2,1H3,(H,28,32);1H. The average molecular weight is 620 g/mol. The Morgan fingerprint density at radius 1 is 1.06 bits per heavy atom. The maximum atomic E-state index is 13.3. The van der Waals surface area contributed by atoms with Gasteiger partial charge < -0.3 is 5.32 Å². The molecular weight excluding hydrogens is 594 g/mol. The van der Waals surface area contributed by atoms with Gasteiger partial charge in [0, 0.05) is 23.0 Å². The highest BCUT2D eigenvalue weighted by Crippen LogP contribution is 2.42. The number of hydrogen-bond donors (Lipinski definition) is 1. The minimum Gasteiger partial charge on any atom is -0.335 e. The largest absolute Gasteiger partial charge is 0.335 e. The summed E-state index contributed by atoms with van der Waals surface area (Å²) in [7, 11) is 2.09. The van der Waals surface area contributed by atoms with Crippen LogP contribution in [0.3, 0.4) is 0 Å². The zero-order valence-electron chi connectivity index (χ0n) is 18.2. The molecule has 2 aliphatic heterocycles. The van der Waals surface area contributed by atoms with Gasteiger partial charge in [0.25, 0.3) is 5.91 Å². The van der Waals surface area contributed by atoms with Gasteiger partial charge in [0.05, 0.1) is 22.9 Å². The van der Waals surface area contributed by atoms with Crippen molar-refractivity contribution < 1.29 is 4.79 Å². The highest BCUT2D eigenvalue weighted by molar-refractivity contribution is 14.0. The number of benzene rings is 2. The van der Waals surface area contributed by atoms with E-state index in [-0.39, 0.29) is 42.1 Å². The summed E-state index contributed by atoms with van der Waals surface area (Å²) in [6.45, 7) is 1.04. The van der Waals surface area contributed by atoms with Crippen LogP contribution in [0.5, 0.6) is 0 Å². The summed E-state index contributed by atoms with van der Waals surface area (Å²) >= 11 is 18.7. The van der Waals surface area contributed by atoms with E-state index in [0.29, 0.717) is 44.7 Å². The Morgan fingerprint density at radius 3 is 2.52 bits per heavy atom. The summed E-state index contributed by atoms with van der Waals surface area (Å²) in [4.78, 5) is 15.6. The van der Waals surface area contributed by atoms with E-state index in [1.54, 1.807) is 12.1 Å². The number of fused-ring (bicyclic) bond motifs is 1. The van der Waals surface area contributed by atoms with Gasteiger partial charge >= 0.3 is 0 Å². The van der Waals surface area contributed by atoms with Crippen LogP contribution in [0.25, 0.3) is 0 Å². The Balaban J connectivity index is 0.00000259. The number of amides is 1. The molecule has 5 nitrogen and oxygen atoms in total. The Labute approximate surface area is 226 Å². The number of nitrogens with zero attached hydrogens (tertiary/aromatic N) is 3. The summed E-state index contributed by atoms with van der Waals surface area (Å²) in [5, 5.41) is 11.6. The highest BCUT2D eigenvalue weighted by atomic mass is 127. The first-order valence-electron chi connectivity index (χ1n) is 11.0. The molecule has 3 aliphatic rings. The number of carbonyl (C=O) groups is 1. The van der Waals surface area contributed by atoms with Crippen LogP contribution in [0.4, 0.5) is 5.69 Å². The van der Waals surface area contributed by atoms with E-state index < -0.39 is 0 Å². The van der Waals surface area contributed by atoms with E-state index in [4.69, 9.17) is 39.9 Å². The van der Waals surface area contributed by atoms with E-state index in [0.717, 1.165) is 12.1 Å². The van der Waals surface area contributed by atoms with Gasteiger partial charge in [-0.3, -0.25) is 14.7 Å². The Bertz CT molecular complexity index is 1060. The molecule has 4 unspecified atom stereocenters.